The van der Waals surface area contributed by atoms with Crippen molar-refractivity contribution in [2.75, 3.05) is 0 Å². The zero-order valence-corrected chi connectivity index (χ0v) is 8.92. The van der Waals surface area contributed by atoms with Crippen LogP contribution in [-0.2, 0) is 6.42 Å². The summed E-state index contributed by atoms with van der Waals surface area (Å²) in [5.41, 5.74) is 6.62. The molecule has 0 aliphatic heterocycles. The number of phenols is 1. The summed E-state index contributed by atoms with van der Waals surface area (Å²) < 4.78 is 4.99. The third-order valence-corrected chi connectivity index (χ3v) is 2.17. The second-order valence-corrected chi connectivity index (χ2v) is 3.68. The number of hydrogen-bond donors (Lipinski definition) is 2. The van der Waals surface area contributed by atoms with Crippen LogP contribution in [0, 0.1) is 0 Å². The maximum absolute atomic E-state index is 9.13. The van der Waals surface area contributed by atoms with Crippen LogP contribution in [-0.4, -0.2) is 15.2 Å². The average molecular weight is 219 g/mol. The molecule has 2 rings (SSSR count). The topological polar surface area (TPSA) is 85.2 Å². The third-order valence-electron chi connectivity index (χ3n) is 2.17. The van der Waals surface area contributed by atoms with Crippen LogP contribution in [0.2, 0.25) is 0 Å². The van der Waals surface area contributed by atoms with E-state index in [1.807, 2.05) is 12.1 Å². The van der Waals surface area contributed by atoms with Gasteiger partial charge in [0, 0.05) is 6.42 Å². The summed E-state index contributed by atoms with van der Waals surface area (Å²) in [6, 6.07) is 6.64. The molecule has 0 bridgehead atoms. The Morgan fingerprint density at radius 2 is 2.06 bits per heavy atom. The van der Waals surface area contributed by atoms with Gasteiger partial charge in [-0.15, -0.1) is 0 Å². The van der Waals surface area contributed by atoms with E-state index >= 15 is 0 Å². The summed E-state index contributed by atoms with van der Waals surface area (Å²) in [6.45, 7) is 1.79. The molecule has 0 unspecified atom stereocenters. The number of hydrogen-bond acceptors (Lipinski definition) is 5. The van der Waals surface area contributed by atoms with Gasteiger partial charge in [-0.1, -0.05) is 17.3 Å². The molecule has 16 heavy (non-hydrogen) atoms. The Morgan fingerprint density at radius 1 is 1.38 bits per heavy atom. The molecule has 0 spiro atoms. The van der Waals surface area contributed by atoms with Gasteiger partial charge < -0.3 is 15.4 Å². The maximum Gasteiger partial charge on any atom is 0.243 e. The molecule has 0 amide bonds. The fraction of sp³-hybridized carbons (Fsp3) is 0.273. The predicted molar refractivity (Wildman–Crippen MR) is 57.8 cm³/mol. The molecule has 5 heteroatoms. The summed E-state index contributed by atoms with van der Waals surface area (Å²) in [6.07, 6.45) is 0.566. The summed E-state index contributed by atoms with van der Waals surface area (Å²) >= 11 is 0. The first-order valence-electron chi connectivity index (χ1n) is 5.01. The van der Waals surface area contributed by atoms with Crippen LogP contribution in [0.1, 0.15) is 30.2 Å². The van der Waals surface area contributed by atoms with Crippen LogP contribution in [0.4, 0.5) is 0 Å². The van der Waals surface area contributed by atoms with Crippen molar-refractivity contribution < 1.29 is 9.63 Å². The Labute approximate surface area is 92.9 Å². The van der Waals surface area contributed by atoms with Crippen molar-refractivity contribution in [3.05, 3.63) is 41.5 Å². The maximum atomic E-state index is 9.13. The average Bonchev–Trinajstić information content (AvgIpc) is 2.70. The number of benzene rings is 1. The molecule has 1 atom stereocenters. The fourth-order valence-electron chi connectivity index (χ4n) is 1.32. The van der Waals surface area contributed by atoms with E-state index in [9.17, 15) is 0 Å². The Kier molecular flexibility index (Phi) is 2.87. The van der Waals surface area contributed by atoms with Crippen LogP contribution in [0.15, 0.2) is 28.8 Å². The monoisotopic (exact) mass is 219 g/mol. The Morgan fingerprint density at radius 3 is 2.62 bits per heavy atom. The van der Waals surface area contributed by atoms with Crippen molar-refractivity contribution in [1.82, 2.24) is 10.1 Å². The highest BCUT2D eigenvalue weighted by atomic mass is 16.5. The van der Waals surface area contributed by atoms with Gasteiger partial charge in [0.15, 0.2) is 5.82 Å². The SMILES string of the molecule is C[C@H](N)c1nc(Cc2ccc(O)cc2)no1. The first-order chi connectivity index (χ1) is 7.65. The quantitative estimate of drug-likeness (QED) is 0.814. The van der Waals surface area contributed by atoms with Gasteiger partial charge in [0.1, 0.15) is 5.75 Å². The second-order valence-electron chi connectivity index (χ2n) is 3.68. The largest absolute Gasteiger partial charge is 0.508 e. The molecule has 0 aliphatic carbocycles. The first kappa shape index (κ1) is 10.6. The van der Waals surface area contributed by atoms with E-state index in [2.05, 4.69) is 10.1 Å². The smallest absolute Gasteiger partial charge is 0.243 e. The number of aromatic nitrogens is 2. The van der Waals surface area contributed by atoms with Crippen LogP contribution >= 0.6 is 0 Å². The van der Waals surface area contributed by atoms with Crippen molar-refractivity contribution >= 4 is 0 Å². The van der Waals surface area contributed by atoms with Crippen LogP contribution in [0.3, 0.4) is 0 Å². The summed E-state index contributed by atoms with van der Waals surface area (Å²) in [5.74, 6) is 1.28. The second kappa shape index (κ2) is 4.32. The summed E-state index contributed by atoms with van der Waals surface area (Å²) in [5, 5.41) is 13.0. The predicted octanol–water partition coefficient (Wildman–Crippen LogP) is 1.39. The zero-order valence-electron chi connectivity index (χ0n) is 8.92. The molecule has 1 aromatic carbocycles. The Balaban J connectivity index is 2.11. The van der Waals surface area contributed by atoms with E-state index in [1.165, 1.54) is 0 Å². The normalized spacial score (nSPS) is 12.6. The van der Waals surface area contributed by atoms with E-state index in [-0.39, 0.29) is 11.8 Å². The van der Waals surface area contributed by atoms with Gasteiger partial charge in [0.2, 0.25) is 5.89 Å². The molecule has 2 aromatic rings. The molecule has 0 saturated heterocycles. The Bertz CT molecular complexity index is 462. The first-order valence-corrected chi connectivity index (χ1v) is 5.01. The fourth-order valence-corrected chi connectivity index (χ4v) is 1.32. The standard InChI is InChI=1S/C11H13N3O2/c1-7(12)11-13-10(14-16-11)6-8-2-4-9(15)5-3-8/h2-5,7,15H,6,12H2,1H3/t7-/m0/s1. The van der Waals surface area contributed by atoms with Crippen molar-refractivity contribution in [2.45, 2.75) is 19.4 Å². The minimum Gasteiger partial charge on any atom is -0.508 e. The molecule has 1 heterocycles. The molecular formula is C11H13N3O2. The zero-order chi connectivity index (χ0) is 11.5. The molecule has 0 aliphatic rings. The van der Waals surface area contributed by atoms with E-state index in [0.29, 0.717) is 18.1 Å². The summed E-state index contributed by atoms with van der Waals surface area (Å²) in [7, 11) is 0. The molecule has 84 valence electrons. The lowest BCUT2D eigenvalue weighted by atomic mass is 10.1. The molecule has 3 N–H and O–H groups in total. The van der Waals surface area contributed by atoms with Crippen molar-refractivity contribution in [1.29, 1.82) is 0 Å². The number of nitrogens with zero attached hydrogens (tertiary/aromatic N) is 2. The number of phenolic OH excluding ortho intramolecular Hbond substituents is 1. The van der Waals surface area contributed by atoms with Gasteiger partial charge in [0.05, 0.1) is 6.04 Å². The van der Waals surface area contributed by atoms with E-state index < -0.39 is 0 Å². The minimum absolute atomic E-state index is 0.244. The van der Waals surface area contributed by atoms with E-state index in [1.54, 1.807) is 19.1 Å². The molecule has 0 fully saturated rings. The lowest BCUT2D eigenvalue weighted by Gasteiger charge is -1.96. The highest BCUT2D eigenvalue weighted by Crippen LogP contribution is 2.13. The minimum atomic E-state index is -0.249. The molecule has 0 saturated carbocycles. The number of nitrogens with two attached hydrogens (primary N) is 1. The molecular weight excluding hydrogens is 206 g/mol. The van der Waals surface area contributed by atoms with E-state index in [0.717, 1.165) is 5.56 Å². The van der Waals surface area contributed by atoms with Gasteiger partial charge in [0.25, 0.3) is 0 Å². The van der Waals surface area contributed by atoms with Gasteiger partial charge in [-0.05, 0) is 24.6 Å². The highest BCUT2D eigenvalue weighted by Gasteiger charge is 2.10. The Hall–Kier alpha value is -1.88. The van der Waals surface area contributed by atoms with Crippen molar-refractivity contribution in [2.24, 2.45) is 5.73 Å². The molecule has 1 aromatic heterocycles. The van der Waals surface area contributed by atoms with E-state index in [4.69, 9.17) is 15.4 Å². The van der Waals surface area contributed by atoms with Crippen molar-refractivity contribution in [3.63, 3.8) is 0 Å². The van der Waals surface area contributed by atoms with Gasteiger partial charge >= 0.3 is 0 Å². The number of rotatable bonds is 3. The van der Waals surface area contributed by atoms with Crippen molar-refractivity contribution in [3.8, 4) is 5.75 Å². The van der Waals surface area contributed by atoms with Gasteiger partial charge in [-0.2, -0.15) is 4.98 Å². The third kappa shape index (κ3) is 2.38. The number of aromatic hydroxyl groups is 1. The van der Waals surface area contributed by atoms with Gasteiger partial charge in [-0.3, -0.25) is 0 Å². The van der Waals surface area contributed by atoms with Crippen LogP contribution in [0.5, 0.6) is 5.75 Å². The van der Waals surface area contributed by atoms with Gasteiger partial charge in [-0.25, -0.2) is 0 Å². The lowest BCUT2D eigenvalue weighted by molar-refractivity contribution is 0.358. The molecule has 0 radical (unpaired) electrons. The lowest BCUT2D eigenvalue weighted by Crippen LogP contribution is -2.05. The van der Waals surface area contributed by atoms with Crippen LogP contribution < -0.4 is 5.73 Å². The highest BCUT2D eigenvalue weighted by molar-refractivity contribution is 5.27. The summed E-state index contributed by atoms with van der Waals surface area (Å²) in [4.78, 5) is 4.16. The molecule has 5 nitrogen and oxygen atoms in total. The van der Waals surface area contributed by atoms with Crippen LogP contribution in [0.25, 0.3) is 0 Å².